The SMILES string of the molecule is CCCN(CCc1cccc(F)c1)C(=O)C(N)C(C)CC. The quantitative estimate of drug-likeness (QED) is 0.801. The lowest BCUT2D eigenvalue weighted by Crippen LogP contribution is -2.48. The van der Waals surface area contributed by atoms with Gasteiger partial charge in [0, 0.05) is 13.1 Å². The van der Waals surface area contributed by atoms with Crippen LogP contribution in [0.2, 0.25) is 0 Å². The smallest absolute Gasteiger partial charge is 0.239 e. The van der Waals surface area contributed by atoms with E-state index in [9.17, 15) is 9.18 Å². The van der Waals surface area contributed by atoms with Gasteiger partial charge >= 0.3 is 0 Å². The van der Waals surface area contributed by atoms with Gasteiger partial charge in [-0.15, -0.1) is 0 Å². The molecule has 4 heteroatoms. The third kappa shape index (κ3) is 5.46. The van der Waals surface area contributed by atoms with Crippen molar-refractivity contribution < 1.29 is 9.18 Å². The molecule has 1 aromatic rings. The molecule has 1 aromatic carbocycles. The van der Waals surface area contributed by atoms with Crippen LogP contribution in [0.5, 0.6) is 0 Å². The van der Waals surface area contributed by atoms with Crippen molar-refractivity contribution in [2.75, 3.05) is 13.1 Å². The molecule has 0 bridgehead atoms. The first-order valence-electron chi connectivity index (χ1n) is 7.78. The lowest BCUT2D eigenvalue weighted by molar-refractivity contribution is -0.133. The Morgan fingerprint density at radius 3 is 2.62 bits per heavy atom. The van der Waals surface area contributed by atoms with Crippen LogP contribution in [0.25, 0.3) is 0 Å². The van der Waals surface area contributed by atoms with Crippen LogP contribution in [-0.4, -0.2) is 29.9 Å². The van der Waals surface area contributed by atoms with Gasteiger partial charge in [-0.1, -0.05) is 39.3 Å². The fourth-order valence-electron chi connectivity index (χ4n) is 2.27. The van der Waals surface area contributed by atoms with Gasteiger partial charge in [-0.25, -0.2) is 4.39 Å². The van der Waals surface area contributed by atoms with E-state index in [2.05, 4.69) is 0 Å². The van der Waals surface area contributed by atoms with E-state index in [-0.39, 0.29) is 17.6 Å². The van der Waals surface area contributed by atoms with E-state index < -0.39 is 6.04 Å². The van der Waals surface area contributed by atoms with Crippen molar-refractivity contribution in [3.63, 3.8) is 0 Å². The molecule has 0 radical (unpaired) electrons. The summed E-state index contributed by atoms with van der Waals surface area (Å²) in [7, 11) is 0. The molecule has 0 aromatic heterocycles. The van der Waals surface area contributed by atoms with Crippen LogP contribution in [0.4, 0.5) is 4.39 Å². The van der Waals surface area contributed by atoms with E-state index >= 15 is 0 Å². The summed E-state index contributed by atoms with van der Waals surface area (Å²) in [5.74, 6) is -0.0641. The highest BCUT2D eigenvalue weighted by Crippen LogP contribution is 2.11. The van der Waals surface area contributed by atoms with Crippen LogP contribution in [0.15, 0.2) is 24.3 Å². The summed E-state index contributed by atoms with van der Waals surface area (Å²) in [5, 5.41) is 0. The second-order valence-corrected chi connectivity index (χ2v) is 5.62. The largest absolute Gasteiger partial charge is 0.341 e. The van der Waals surface area contributed by atoms with Crippen LogP contribution in [0.3, 0.4) is 0 Å². The lowest BCUT2D eigenvalue weighted by Gasteiger charge is -2.28. The molecular weight excluding hydrogens is 267 g/mol. The summed E-state index contributed by atoms with van der Waals surface area (Å²) in [6.45, 7) is 7.35. The molecule has 2 unspecified atom stereocenters. The highest BCUT2D eigenvalue weighted by molar-refractivity contribution is 5.82. The lowest BCUT2D eigenvalue weighted by atomic mass is 9.98. The van der Waals surface area contributed by atoms with E-state index in [1.54, 1.807) is 6.07 Å². The number of nitrogens with two attached hydrogens (primary N) is 1. The maximum absolute atomic E-state index is 13.2. The zero-order valence-electron chi connectivity index (χ0n) is 13.3. The Hall–Kier alpha value is -1.42. The standard InChI is InChI=1S/C17H27FN2O/c1-4-10-20(17(21)16(19)13(3)5-2)11-9-14-7-6-8-15(18)12-14/h6-8,12-13,16H,4-5,9-11,19H2,1-3H3. The Morgan fingerprint density at radius 1 is 1.33 bits per heavy atom. The summed E-state index contributed by atoms with van der Waals surface area (Å²) in [5.41, 5.74) is 6.95. The molecule has 118 valence electrons. The molecule has 0 spiro atoms. The number of amides is 1. The van der Waals surface area contributed by atoms with E-state index in [1.807, 2.05) is 31.7 Å². The summed E-state index contributed by atoms with van der Waals surface area (Å²) >= 11 is 0. The Labute approximate surface area is 127 Å². The molecule has 21 heavy (non-hydrogen) atoms. The number of carbonyl (C=O) groups is 1. The molecule has 2 N–H and O–H groups in total. The molecule has 3 nitrogen and oxygen atoms in total. The van der Waals surface area contributed by atoms with Crippen molar-refractivity contribution in [1.29, 1.82) is 0 Å². The molecule has 1 rings (SSSR count). The minimum atomic E-state index is -0.450. The Bertz CT molecular complexity index is 450. The molecule has 0 saturated carbocycles. The van der Waals surface area contributed by atoms with E-state index in [0.717, 1.165) is 18.4 Å². The second kappa shape index (κ2) is 8.78. The van der Waals surface area contributed by atoms with Gasteiger partial charge in [0.05, 0.1) is 6.04 Å². The predicted molar refractivity (Wildman–Crippen MR) is 84.4 cm³/mol. The average Bonchev–Trinajstić information content (AvgIpc) is 2.49. The predicted octanol–water partition coefficient (Wildman–Crippen LogP) is 2.98. The first-order chi connectivity index (χ1) is 9.99. The second-order valence-electron chi connectivity index (χ2n) is 5.62. The molecule has 0 fully saturated rings. The molecule has 2 atom stereocenters. The highest BCUT2D eigenvalue weighted by atomic mass is 19.1. The fraction of sp³-hybridized carbons (Fsp3) is 0.588. The van der Waals surface area contributed by atoms with Crippen molar-refractivity contribution in [3.05, 3.63) is 35.6 Å². The van der Waals surface area contributed by atoms with Crippen molar-refractivity contribution in [2.24, 2.45) is 11.7 Å². The zero-order valence-corrected chi connectivity index (χ0v) is 13.3. The van der Waals surface area contributed by atoms with Gasteiger partial charge < -0.3 is 10.6 Å². The molecule has 0 aliphatic heterocycles. The number of nitrogens with zero attached hydrogens (tertiary/aromatic N) is 1. The molecule has 0 aliphatic carbocycles. The molecular formula is C17H27FN2O. The molecule has 0 saturated heterocycles. The Kier molecular flexibility index (Phi) is 7.37. The summed E-state index contributed by atoms with van der Waals surface area (Å²) in [6, 6.07) is 6.07. The van der Waals surface area contributed by atoms with Gasteiger partial charge in [0.1, 0.15) is 5.82 Å². The Balaban J connectivity index is 2.66. The minimum Gasteiger partial charge on any atom is -0.341 e. The first kappa shape index (κ1) is 17.6. The van der Waals surface area contributed by atoms with Crippen LogP contribution in [-0.2, 0) is 11.2 Å². The first-order valence-corrected chi connectivity index (χ1v) is 7.78. The average molecular weight is 294 g/mol. The molecule has 0 heterocycles. The van der Waals surface area contributed by atoms with Crippen molar-refractivity contribution in [1.82, 2.24) is 4.90 Å². The number of hydrogen-bond acceptors (Lipinski definition) is 2. The van der Waals surface area contributed by atoms with Gasteiger partial charge in [-0.05, 0) is 36.5 Å². The number of benzene rings is 1. The fourth-order valence-corrected chi connectivity index (χ4v) is 2.27. The topological polar surface area (TPSA) is 46.3 Å². The van der Waals surface area contributed by atoms with Gasteiger partial charge in [0.2, 0.25) is 5.91 Å². The summed E-state index contributed by atoms with van der Waals surface area (Å²) < 4.78 is 13.2. The third-order valence-electron chi connectivity index (χ3n) is 3.91. The van der Waals surface area contributed by atoms with E-state index in [1.165, 1.54) is 12.1 Å². The maximum Gasteiger partial charge on any atom is 0.239 e. The van der Waals surface area contributed by atoms with E-state index in [4.69, 9.17) is 5.73 Å². The van der Waals surface area contributed by atoms with Gasteiger partial charge in [-0.2, -0.15) is 0 Å². The monoisotopic (exact) mass is 294 g/mol. The number of hydrogen-bond donors (Lipinski definition) is 1. The van der Waals surface area contributed by atoms with Crippen LogP contribution in [0, 0.1) is 11.7 Å². The van der Waals surface area contributed by atoms with Crippen LogP contribution < -0.4 is 5.73 Å². The van der Waals surface area contributed by atoms with Gasteiger partial charge in [-0.3, -0.25) is 4.79 Å². The third-order valence-corrected chi connectivity index (χ3v) is 3.91. The molecule has 1 amide bonds. The van der Waals surface area contributed by atoms with Gasteiger partial charge in [0.15, 0.2) is 0 Å². The number of halogens is 1. The summed E-state index contributed by atoms with van der Waals surface area (Å²) in [4.78, 5) is 14.3. The van der Waals surface area contributed by atoms with E-state index in [0.29, 0.717) is 19.5 Å². The number of rotatable bonds is 8. The highest BCUT2D eigenvalue weighted by Gasteiger charge is 2.24. The van der Waals surface area contributed by atoms with Crippen molar-refractivity contribution >= 4 is 5.91 Å². The van der Waals surface area contributed by atoms with Gasteiger partial charge in [0.25, 0.3) is 0 Å². The zero-order chi connectivity index (χ0) is 15.8. The molecule has 0 aliphatic rings. The maximum atomic E-state index is 13.2. The van der Waals surface area contributed by atoms with Crippen LogP contribution >= 0.6 is 0 Å². The Morgan fingerprint density at radius 2 is 2.05 bits per heavy atom. The normalized spacial score (nSPS) is 13.8. The minimum absolute atomic E-state index is 0.00241. The van der Waals surface area contributed by atoms with Crippen molar-refractivity contribution in [2.45, 2.75) is 46.1 Å². The summed E-state index contributed by atoms with van der Waals surface area (Å²) in [6.07, 6.45) is 2.43. The van der Waals surface area contributed by atoms with Crippen molar-refractivity contribution in [3.8, 4) is 0 Å². The van der Waals surface area contributed by atoms with Crippen LogP contribution in [0.1, 0.15) is 39.2 Å². The number of carbonyl (C=O) groups excluding carboxylic acids is 1.